The maximum absolute atomic E-state index is 13.5. The lowest BCUT2D eigenvalue weighted by atomic mass is 10.1. The predicted molar refractivity (Wildman–Crippen MR) is 110 cm³/mol. The number of aromatic nitrogens is 4. The molecule has 1 saturated heterocycles. The van der Waals surface area contributed by atoms with E-state index in [4.69, 9.17) is 9.72 Å². The lowest BCUT2D eigenvalue weighted by Gasteiger charge is -2.35. The van der Waals surface area contributed by atoms with Gasteiger partial charge in [0, 0.05) is 31.9 Å². The Morgan fingerprint density at radius 3 is 2.59 bits per heavy atom. The maximum atomic E-state index is 13.5. The molecular formula is C21H25FN6O. The van der Waals surface area contributed by atoms with Crippen LogP contribution < -0.4 is 5.32 Å². The minimum atomic E-state index is -0.275. The molecule has 1 unspecified atom stereocenters. The van der Waals surface area contributed by atoms with E-state index in [0.29, 0.717) is 5.82 Å². The lowest BCUT2D eigenvalue weighted by Crippen LogP contribution is -2.41. The molecular weight excluding hydrogens is 371 g/mol. The van der Waals surface area contributed by atoms with Crippen molar-refractivity contribution >= 4 is 5.82 Å². The van der Waals surface area contributed by atoms with Crippen molar-refractivity contribution in [3.8, 4) is 22.8 Å². The number of halogens is 1. The van der Waals surface area contributed by atoms with Crippen molar-refractivity contribution in [3.63, 3.8) is 0 Å². The summed E-state index contributed by atoms with van der Waals surface area (Å²) < 4.78 is 21.1. The normalized spacial score (nSPS) is 16.0. The van der Waals surface area contributed by atoms with Gasteiger partial charge in [-0.15, -0.1) is 0 Å². The van der Waals surface area contributed by atoms with Crippen molar-refractivity contribution < 1.29 is 9.13 Å². The van der Waals surface area contributed by atoms with E-state index in [1.165, 1.54) is 12.1 Å². The van der Waals surface area contributed by atoms with Gasteiger partial charge in [-0.05, 0) is 36.8 Å². The molecule has 0 saturated carbocycles. The second kappa shape index (κ2) is 8.67. The first kappa shape index (κ1) is 19.5. The van der Waals surface area contributed by atoms with Gasteiger partial charge in [-0.2, -0.15) is 0 Å². The molecule has 29 heavy (non-hydrogen) atoms. The lowest BCUT2D eigenvalue weighted by molar-refractivity contribution is -0.00231. The maximum Gasteiger partial charge on any atom is 0.180 e. The zero-order valence-electron chi connectivity index (χ0n) is 16.7. The fraction of sp³-hybridized carbons (Fsp3) is 0.381. The van der Waals surface area contributed by atoms with E-state index in [2.05, 4.69) is 31.7 Å². The first-order valence-electron chi connectivity index (χ1n) is 9.87. The highest BCUT2D eigenvalue weighted by Gasteiger charge is 2.27. The van der Waals surface area contributed by atoms with Gasteiger partial charge in [0.15, 0.2) is 5.82 Å². The molecule has 1 aromatic carbocycles. The van der Waals surface area contributed by atoms with Gasteiger partial charge in [0.25, 0.3) is 0 Å². The summed E-state index contributed by atoms with van der Waals surface area (Å²) in [5.74, 6) is 1.04. The van der Waals surface area contributed by atoms with Gasteiger partial charge in [0.1, 0.15) is 17.3 Å². The average molecular weight is 396 g/mol. The van der Waals surface area contributed by atoms with Gasteiger partial charge < -0.3 is 14.6 Å². The highest BCUT2D eigenvalue weighted by molar-refractivity contribution is 5.75. The standard InChI is InChI=1S/C21H25FN6O/c1-3-18(27-10-12-29-13-11-27)28-14-25-19(15-4-6-16(22)7-5-15)20(28)21-24-9-8-17(23-2)26-21/h4-9,14,18H,3,10-13H2,1-2H3,(H,23,24,26). The number of imidazole rings is 1. The van der Waals surface area contributed by atoms with Gasteiger partial charge in [-0.25, -0.2) is 19.3 Å². The Balaban J connectivity index is 1.85. The number of hydrogen-bond acceptors (Lipinski definition) is 6. The molecule has 1 fully saturated rings. The fourth-order valence-corrected chi connectivity index (χ4v) is 3.75. The van der Waals surface area contributed by atoms with Crippen LogP contribution in [0.15, 0.2) is 42.9 Å². The zero-order valence-corrected chi connectivity index (χ0v) is 16.7. The number of nitrogens with one attached hydrogen (secondary N) is 1. The summed E-state index contributed by atoms with van der Waals surface area (Å²) in [7, 11) is 1.83. The quantitative estimate of drug-likeness (QED) is 0.689. The second-order valence-corrected chi connectivity index (χ2v) is 6.91. The minimum absolute atomic E-state index is 0.109. The Bertz CT molecular complexity index is 952. The summed E-state index contributed by atoms with van der Waals surface area (Å²) in [5, 5.41) is 3.06. The van der Waals surface area contributed by atoms with E-state index >= 15 is 0 Å². The van der Waals surface area contributed by atoms with Gasteiger partial charge in [-0.1, -0.05) is 6.92 Å². The number of benzene rings is 1. The number of hydrogen-bond donors (Lipinski definition) is 1. The van der Waals surface area contributed by atoms with Crippen molar-refractivity contribution in [2.75, 3.05) is 38.7 Å². The van der Waals surface area contributed by atoms with E-state index in [-0.39, 0.29) is 12.0 Å². The molecule has 0 amide bonds. The number of ether oxygens (including phenoxy) is 1. The molecule has 3 heterocycles. The third-order valence-corrected chi connectivity index (χ3v) is 5.19. The van der Waals surface area contributed by atoms with Crippen LogP contribution in [-0.2, 0) is 4.74 Å². The number of nitrogens with zero attached hydrogens (tertiary/aromatic N) is 5. The third kappa shape index (κ3) is 3.99. The molecule has 1 aliphatic rings. The Morgan fingerprint density at radius 1 is 1.14 bits per heavy atom. The SMILES string of the molecule is CCC(N1CCOCC1)n1cnc(-c2ccc(F)cc2)c1-c1nccc(NC)n1. The largest absolute Gasteiger partial charge is 0.379 e. The highest BCUT2D eigenvalue weighted by atomic mass is 19.1. The molecule has 1 atom stereocenters. The van der Waals surface area contributed by atoms with E-state index in [0.717, 1.165) is 55.5 Å². The van der Waals surface area contributed by atoms with Crippen LogP contribution in [0.25, 0.3) is 22.8 Å². The van der Waals surface area contributed by atoms with E-state index in [9.17, 15) is 4.39 Å². The first-order chi connectivity index (χ1) is 14.2. The summed E-state index contributed by atoms with van der Waals surface area (Å²) in [4.78, 5) is 16.3. The van der Waals surface area contributed by atoms with Crippen molar-refractivity contribution in [3.05, 3.63) is 48.7 Å². The zero-order chi connectivity index (χ0) is 20.2. The molecule has 2 aromatic heterocycles. The van der Waals surface area contributed by atoms with Crippen molar-refractivity contribution in [1.29, 1.82) is 0 Å². The highest BCUT2D eigenvalue weighted by Crippen LogP contribution is 2.34. The van der Waals surface area contributed by atoms with Gasteiger partial charge in [0.05, 0.1) is 31.4 Å². The van der Waals surface area contributed by atoms with E-state index in [1.54, 1.807) is 18.3 Å². The van der Waals surface area contributed by atoms with Gasteiger partial charge in [0.2, 0.25) is 0 Å². The molecule has 7 nitrogen and oxygen atoms in total. The topological polar surface area (TPSA) is 68.1 Å². The molecule has 1 aliphatic heterocycles. The van der Waals surface area contributed by atoms with Gasteiger partial charge in [-0.3, -0.25) is 4.90 Å². The Kier molecular flexibility index (Phi) is 5.82. The predicted octanol–water partition coefficient (Wildman–Crippen LogP) is 3.43. The molecule has 3 aromatic rings. The summed E-state index contributed by atoms with van der Waals surface area (Å²) in [6.07, 6.45) is 4.58. The summed E-state index contributed by atoms with van der Waals surface area (Å²) in [6.45, 7) is 5.32. The molecule has 8 heteroatoms. The smallest absolute Gasteiger partial charge is 0.180 e. The van der Waals surface area contributed by atoms with Crippen LogP contribution in [0.2, 0.25) is 0 Å². The number of rotatable bonds is 6. The summed E-state index contributed by atoms with van der Waals surface area (Å²) in [6, 6.07) is 8.19. The Morgan fingerprint density at radius 2 is 1.90 bits per heavy atom. The fourth-order valence-electron chi connectivity index (χ4n) is 3.75. The van der Waals surface area contributed by atoms with Gasteiger partial charge >= 0.3 is 0 Å². The average Bonchev–Trinajstić information content (AvgIpc) is 3.20. The number of morpholine rings is 1. The molecule has 0 aliphatic carbocycles. The van der Waals surface area contributed by atoms with E-state index < -0.39 is 0 Å². The van der Waals surface area contributed by atoms with Crippen LogP contribution in [0.3, 0.4) is 0 Å². The van der Waals surface area contributed by atoms with Crippen LogP contribution >= 0.6 is 0 Å². The minimum Gasteiger partial charge on any atom is -0.379 e. The van der Waals surface area contributed by atoms with Crippen LogP contribution in [-0.4, -0.2) is 57.8 Å². The number of anilines is 1. The molecule has 152 valence electrons. The Hall–Kier alpha value is -2.84. The van der Waals surface area contributed by atoms with Crippen LogP contribution in [0.4, 0.5) is 10.2 Å². The molecule has 4 rings (SSSR count). The van der Waals surface area contributed by atoms with Crippen LogP contribution in [0, 0.1) is 5.82 Å². The summed E-state index contributed by atoms with van der Waals surface area (Å²) >= 11 is 0. The second-order valence-electron chi connectivity index (χ2n) is 6.91. The molecule has 1 N–H and O–H groups in total. The molecule has 0 spiro atoms. The van der Waals surface area contributed by atoms with Crippen molar-refractivity contribution in [1.82, 2.24) is 24.4 Å². The summed E-state index contributed by atoms with van der Waals surface area (Å²) in [5.41, 5.74) is 2.40. The monoisotopic (exact) mass is 396 g/mol. The Labute approximate surface area is 169 Å². The first-order valence-corrected chi connectivity index (χ1v) is 9.87. The van der Waals surface area contributed by atoms with Crippen molar-refractivity contribution in [2.24, 2.45) is 0 Å². The molecule has 0 radical (unpaired) electrons. The van der Waals surface area contributed by atoms with Crippen LogP contribution in [0.1, 0.15) is 19.5 Å². The van der Waals surface area contributed by atoms with E-state index in [1.807, 2.05) is 19.4 Å². The third-order valence-electron chi connectivity index (χ3n) is 5.19. The van der Waals surface area contributed by atoms with Crippen LogP contribution in [0.5, 0.6) is 0 Å². The molecule has 0 bridgehead atoms. The van der Waals surface area contributed by atoms with Crippen molar-refractivity contribution in [2.45, 2.75) is 19.5 Å².